The van der Waals surface area contributed by atoms with Gasteiger partial charge >= 0.3 is 0 Å². The zero-order valence-corrected chi connectivity index (χ0v) is 15.5. The summed E-state index contributed by atoms with van der Waals surface area (Å²) in [4.78, 5) is 0. The Balaban J connectivity index is 1.79. The quantitative estimate of drug-likeness (QED) is 0.538. The van der Waals surface area contributed by atoms with E-state index in [2.05, 4.69) is 56.9 Å². The van der Waals surface area contributed by atoms with Crippen molar-refractivity contribution in [2.45, 2.75) is 71.1 Å². The maximum atomic E-state index is 6.68. The summed E-state index contributed by atoms with van der Waals surface area (Å²) in [5, 5.41) is 0. The molecule has 0 N–H and O–H groups in total. The predicted octanol–water partition coefficient (Wildman–Crippen LogP) is 5.35. The van der Waals surface area contributed by atoms with Crippen molar-refractivity contribution in [1.29, 1.82) is 0 Å². The first kappa shape index (κ1) is 16.2. The SMILES string of the molecule is CC1C2(CCCCC2)C1(OCc1ccccc1)O[Si](C)(C)C. The van der Waals surface area contributed by atoms with Gasteiger partial charge in [0.2, 0.25) is 0 Å². The van der Waals surface area contributed by atoms with Crippen LogP contribution in [-0.4, -0.2) is 14.1 Å². The summed E-state index contributed by atoms with van der Waals surface area (Å²) in [6, 6.07) is 10.5. The van der Waals surface area contributed by atoms with Crippen LogP contribution in [0, 0.1) is 11.3 Å². The molecule has 0 saturated heterocycles. The van der Waals surface area contributed by atoms with Crippen molar-refractivity contribution in [3.8, 4) is 0 Å². The standard InChI is InChI=1S/C19H30O2Si/c1-16-18(13-9-6-10-14-18)19(16,21-22(2,3)4)20-15-17-11-7-5-8-12-17/h5,7-8,11-12,16H,6,9-10,13-15H2,1-4H3. The van der Waals surface area contributed by atoms with E-state index < -0.39 is 8.32 Å². The van der Waals surface area contributed by atoms with Gasteiger partial charge in [-0.2, -0.15) is 0 Å². The maximum absolute atomic E-state index is 6.68. The number of hydrogen-bond donors (Lipinski definition) is 0. The van der Waals surface area contributed by atoms with E-state index in [1.165, 1.54) is 37.7 Å². The molecule has 2 aliphatic carbocycles. The number of benzene rings is 1. The lowest BCUT2D eigenvalue weighted by atomic mass is 9.84. The van der Waals surface area contributed by atoms with Gasteiger partial charge in [-0.3, -0.25) is 0 Å². The Morgan fingerprint density at radius 3 is 2.27 bits per heavy atom. The molecule has 2 saturated carbocycles. The highest BCUT2D eigenvalue weighted by atomic mass is 28.4. The van der Waals surface area contributed by atoms with Crippen LogP contribution in [0.1, 0.15) is 44.6 Å². The topological polar surface area (TPSA) is 18.5 Å². The number of hydrogen-bond acceptors (Lipinski definition) is 2. The lowest BCUT2D eigenvalue weighted by Gasteiger charge is -2.33. The summed E-state index contributed by atoms with van der Waals surface area (Å²) < 4.78 is 13.2. The minimum absolute atomic E-state index is 0.278. The summed E-state index contributed by atoms with van der Waals surface area (Å²) >= 11 is 0. The molecule has 1 aromatic rings. The molecule has 3 rings (SSSR count). The van der Waals surface area contributed by atoms with Crippen LogP contribution >= 0.6 is 0 Å². The second kappa shape index (κ2) is 5.77. The van der Waals surface area contributed by atoms with E-state index >= 15 is 0 Å². The molecule has 0 aromatic heterocycles. The van der Waals surface area contributed by atoms with Crippen molar-refractivity contribution in [2.24, 2.45) is 11.3 Å². The molecule has 2 fully saturated rings. The Morgan fingerprint density at radius 2 is 1.68 bits per heavy atom. The predicted molar refractivity (Wildman–Crippen MR) is 93.1 cm³/mol. The molecule has 0 amide bonds. The van der Waals surface area contributed by atoms with E-state index in [-0.39, 0.29) is 11.2 Å². The lowest BCUT2D eigenvalue weighted by molar-refractivity contribution is -0.157. The molecule has 2 nitrogen and oxygen atoms in total. The highest BCUT2D eigenvalue weighted by Gasteiger charge is 2.77. The summed E-state index contributed by atoms with van der Waals surface area (Å²) in [6.45, 7) is 9.85. The molecule has 0 aliphatic heterocycles. The second-order valence-corrected chi connectivity index (χ2v) is 12.5. The monoisotopic (exact) mass is 318 g/mol. The van der Waals surface area contributed by atoms with Crippen LogP contribution in [0.5, 0.6) is 0 Å². The Morgan fingerprint density at radius 1 is 1.05 bits per heavy atom. The van der Waals surface area contributed by atoms with Crippen LogP contribution in [0.3, 0.4) is 0 Å². The molecule has 0 heterocycles. The highest BCUT2D eigenvalue weighted by Crippen LogP contribution is 2.71. The van der Waals surface area contributed by atoms with Crippen molar-refractivity contribution in [3.63, 3.8) is 0 Å². The van der Waals surface area contributed by atoms with Crippen LogP contribution in [0.15, 0.2) is 30.3 Å². The fraction of sp³-hybridized carbons (Fsp3) is 0.684. The van der Waals surface area contributed by atoms with E-state index in [1.54, 1.807) is 0 Å². The largest absolute Gasteiger partial charge is 0.390 e. The summed E-state index contributed by atoms with van der Waals surface area (Å²) in [7, 11) is -1.65. The molecule has 0 bridgehead atoms. The third-order valence-electron chi connectivity index (χ3n) is 5.51. The van der Waals surface area contributed by atoms with Gasteiger partial charge in [0.25, 0.3) is 0 Å². The molecule has 0 radical (unpaired) electrons. The van der Waals surface area contributed by atoms with Gasteiger partial charge in [0.15, 0.2) is 14.1 Å². The fourth-order valence-corrected chi connectivity index (χ4v) is 5.75. The van der Waals surface area contributed by atoms with E-state index in [1.807, 2.05) is 0 Å². The van der Waals surface area contributed by atoms with Crippen molar-refractivity contribution in [2.75, 3.05) is 0 Å². The Bertz CT molecular complexity index is 502. The Kier molecular flexibility index (Phi) is 4.26. The fourth-order valence-electron chi connectivity index (χ4n) is 4.40. The van der Waals surface area contributed by atoms with Gasteiger partial charge in [0.1, 0.15) is 0 Å². The second-order valence-electron chi connectivity index (χ2n) is 8.09. The third-order valence-corrected chi connectivity index (χ3v) is 6.42. The molecule has 2 atom stereocenters. The first-order chi connectivity index (χ1) is 10.4. The van der Waals surface area contributed by atoms with Gasteiger partial charge in [0, 0.05) is 11.3 Å². The van der Waals surface area contributed by atoms with Crippen LogP contribution < -0.4 is 0 Å². The summed E-state index contributed by atoms with van der Waals surface area (Å²) in [5.41, 5.74) is 1.52. The zero-order chi connectivity index (χ0) is 15.8. The maximum Gasteiger partial charge on any atom is 0.187 e. The smallest absolute Gasteiger partial charge is 0.187 e. The van der Waals surface area contributed by atoms with E-state index in [0.29, 0.717) is 12.5 Å². The number of rotatable bonds is 5. The summed E-state index contributed by atoms with van der Waals surface area (Å²) in [5.74, 6) is 0.198. The molecule has 122 valence electrons. The first-order valence-corrected chi connectivity index (χ1v) is 12.2. The van der Waals surface area contributed by atoms with Gasteiger partial charge < -0.3 is 9.16 Å². The molecule has 2 aliphatic rings. The first-order valence-electron chi connectivity index (χ1n) is 8.78. The average Bonchev–Trinajstić information content (AvgIpc) is 2.94. The van der Waals surface area contributed by atoms with E-state index in [9.17, 15) is 0 Å². The van der Waals surface area contributed by atoms with Crippen molar-refractivity contribution in [3.05, 3.63) is 35.9 Å². The minimum Gasteiger partial charge on any atom is -0.390 e. The van der Waals surface area contributed by atoms with Gasteiger partial charge in [-0.1, -0.05) is 56.5 Å². The molecule has 22 heavy (non-hydrogen) atoms. The minimum atomic E-state index is -1.65. The molecule has 2 unspecified atom stereocenters. The molecule has 3 heteroatoms. The van der Waals surface area contributed by atoms with Crippen LogP contribution in [0.25, 0.3) is 0 Å². The van der Waals surface area contributed by atoms with E-state index in [4.69, 9.17) is 9.16 Å². The molecular weight excluding hydrogens is 288 g/mol. The Hall–Kier alpha value is -0.643. The van der Waals surface area contributed by atoms with Crippen molar-refractivity contribution >= 4 is 8.32 Å². The third kappa shape index (κ3) is 2.79. The van der Waals surface area contributed by atoms with Gasteiger partial charge in [-0.05, 0) is 38.0 Å². The Labute approximate surface area is 136 Å². The van der Waals surface area contributed by atoms with Crippen molar-refractivity contribution < 1.29 is 9.16 Å². The van der Waals surface area contributed by atoms with Gasteiger partial charge in [-0.25, -0.2) is 0 Å². The number of ether oxygens (including phenoxy) is 1. The highest BCUT2D eigenvalue weighted by molar-refractivity contribution is 6.69. The molecule has 1 spiro atoms. The van der Waals surface area contributed by atoms with Gasteiger partial charge in [-0.15, -0.1) is 0 Å². The lowest BCUT2D eigenvalue weighted by Crippen LogP contribution is -2.40. The molecular formula is C19H30O2Si. The molecule has 1 aromatic carbocycles. The van der Waals surface area contributed by atoms with Crippen LogP contribution in [-0.2, 0) is 15.8 Å². The van der Waals surface area contributed by atoms with Crippen molar-refractivity contribution in [1.82, 2.24) is 0 Å². The zero-order valence-electron chi connectivity index (χ0n) is 14.5. The summed E-state index contributed by atoms with van der Waals surface area (Å²) in [6.07, 6.45) is 6.57. The normalized spacial score (nSPS) is 30.5. The average molecular weight is 319 g/mol. The van der Waals surface area contributed by atoms with E-state index in [0.717, 1.165) is 0 Å². The van der Waals surface area contributed by atoms with Crippen LogP contribution in [0.2, 0.25) is 19.6 Å². The van der Waals surface area contributed by atoms with Gasteiger partial charge in [0.05, 0.1) is 6.61 Å². The van der Waals surface area contributed by atoms with Crippen LogP contribution in [0.4, 0.5) is 0 Å².